The van der Waals surface area contributed by atoms with Crippen molar-refractivity contribution in [2.75, 3.05) is 0 Å². The lowest BCUT2D eigenvalue weighted by atomic mass is 9.91. The minimum absolute atomic E-state index is 0.0363. The Balaban J connectivity index is 2.76. The molecular formula is C13H19N3. The van der Waals surface area contributed by atoms with Gasteiger partial charge in [0.1, 0.15) is 5.65 Å². The number of aryl methyl sites for hydroxylation is 1. The Morgan fingerprint density at radius 3 is 2.62 bits per heavy atom. The van der Waals surface area contributed by atoms with Crippen molar-refractivity contribution < 1.29 is 0 Å². The van der Waals surface area contributed by atoms with Crippen LogP contribution in [0.1, 0.15) is 37.7 Å². The first kappa shape index (κ1) is 11.1. The van der Waals surface area contributed by atoms with Crippen LogP contribution in [0, 0.1) is 6.92 Å². The van der Waals surface area contributed by atoms with Crippen molar-refractivity contribution in [1.29, 1.82) is 0 Å². The number of nitrogens with zero attached hydrogens (tertiary/aromatic N) is 2. The molecule has 0 aliphatic rings. The van der Waals surface area contributed by atoms with Crippen LogP contribution in [0.15, 0.2) is 18.3 Å². The molecule has 2 aromatic heterocycles. The molecule has 0 aromatic carbocycles. The Morgan fingerprint density at radius 2 is 2.06 bits per heavy atom. The Bertz CT molecular complexity index is 518. The second-order valence-electron chi connectivity index (χ2n) is 5.29. The number of pyridine rings is 1. The highest BCUT2D eigenvalue weighted by Gasteiger charge is 2.22. The SMILES string of the molecule is Cc1ccn2c(CN)c(C(C)(C)C)nc2c1. The van der Waals surface area contributed by atoms with Crippen LogP contribution in [0.25, 0.3) is 5.65 Å². The fourth-order valence-electron chi connectivity index (χ4n) is 1.99. The molecule has 86 valence electrons. The molecule has 0 saturated carbocycles. The maximum Gasteiger partial charge on any atom is 0.137 e. The van der Waals surface area contributed by atoms with Gasteiger partial charge in [0.05, 0.1) is 11.4 Å². The topological polar surface area (TPSA) is 43.3 Å². The average molecular weight is 217 g/mol. The zero-order valence-corrected chi connectivity index (χ0v) is 10.4. The van der Waals surface area contributed by atoms with E-state index in [1.54, 1.807) is 0 Å². The van der Waals surface area contributed by atoms with Crippen LogP contribution in [0.3, 0.4) is 0 Å². The molecule has 0 bridgehead atoms. The summed E-state index contributed by atoms with van der Waals surface area (Å²) in [5.41, 5.74) is 10.3. The molecule has 16 heavy (non-hydrogen) atoms. The number of hydrogen-bond donors (Lipinski definition) is 1. The molecule has 0 fully saturated rings. The molecule has 2 aromatic rings. The van der Waals surface area contributed by atoms with E-state index in [-0.39, 0.29) is 5.41 Å². The highest BCUT2D eigenvalue weighted by Crippen LogP contribution is 2.26. The molecule has 3 nitrogen and oxygen atoms in total. The van der Waals surface area contributed by atoms with E-state index in [1.807, 2.05) is 0 Å². The van der Waals surface area contributed by atoms with Crippen molar-refractivity contribution in [3.05, 3.63) is 35.3 Å². The smallest absolute Gasteiger partial charge is 0.137 e. The van der Waals surface area contributed by atoms with E-state index in [9.17, 15) is 0 Å². The molecule has 0 aliphatic carbocycles. The van der Waals surface area contributed by atoms with E-state index in [0.29, 0.717) is 6.54 Å². The monoisotopic (exact) mass is 217 g/mol. The zero-order valence-electron chi connectivity index (χ0n) is 10.4. The molecule has 0 saturated heterocycles. The van der Waals surface area contributed by atoms with Gasteiger partial charge in [0.15, 0.2) is 0 Å². The lowest BCUT2D eigenvalue weighted by molar-refractivity contribution is 0.564. The van der Waals surface area contributed by atoms with Crippen LogP contribution < -0.4 is 5.73 Å². The second-order valence-corrected chi connectivity index (χ2v) is 5.29. The summed E-state index contributed by atoms with van der Waals surface area (Å²) >= 11 is 0. The van der Waals surface area contributed by atoms with Gasteiger partial charge in [-0.25, -0.2) is 4.98 Å². The summed E-state index contributed by atoms with van der Waals surface area (Å²) in [5, 5.41) is 0. The third-order valence-corrected chi connectivity index (χ3v) is 2.78. The quantitative estimate of drug-likeness (QED) is 0.797. The minimum atomic E-state index is 0.0363. The number of aromatic nitrogens is 2. The van der Waals surface area contributed by atoms with Gasteiger partial charge in [-0.05, 0) is 24.6 Å². The largest absolute Gasteiger partial charge is 0.325 e. The van der Waals surface area contributed by atoms with E-state index in [0.717, 1.165) is 17.0 Å². The highest BCUT2D eigenvalue weighted by molar-refractivity contribution is 5.47. The van der Waals surface area contributed by atoms with Crippen LogP contribution in [-0.4, -0.2) is 9.38 Å². The third kappa shape index (κ3) is 1.71. The molecular weight excluding hydrogens is 198 g/mol. The molecule has 0 atom stereocenters. The predicted octanol–water partition coefficient (Wildman–Crippen LogP) is 2.40. The van der Waals surface area contributed by atoms with E-state index in [2.05, 4.69) is 50.4 Å². The lowest BCUT2D eigenvalue weighted by Crippen LogP contribution is -2.16. The molecule has 3 heteroatoms. The fourth-order valence-corrected chi connectivity index (χ4v) is 1.99. The van der Waals surface area contributed by atoms with Gasteiger partial charge < -0.3 is 10.1 Å². The van der Waals surface area contributed by atoms with Crippen molar-refractivity contribution in [2.24, 2.45) is 5.73 Å². The summed E-state index contributed by atoms with van der Waals surface area (Å²) in [6.07, 6.45) is 2.05. The van der Waals surface area contributed by atoms with Gasteiger partial charge in [0, 0.05) is 18.2 Å². The Morgan fingerprint density at radius 1 is 1.38 bits per heavy atom. The lowest BCUT2D eigenvalue weighted by Gasteiger charge is -2.17. The van der Waals surface area contributed by atoms with Crippen LogP contribution >= 0.6 is 0 Å². The molecule has 0 unspecified atom stereocenters. The first-order valence-electron chi connectivity index (χ1n) is 5.61. The second kappa shape index (κ2) is 3.59. The summed E-state index contributed by atoms with van der Waals surface area (Å²) < 4.78 is 2.09. The minimum Gasteiger partial charge on any atom is -0.325 e. The van der Waals surface area contributed by atoms with Crippen LogP contribution in [0.4, 0.5) is 0 Å². The van der Waals surface area contributed by atoms with Crippen molar-refractivity contribution in [3.8, 4) is 0 Å². The van der Waals surface area contributed by atoms with E-state index < -0.39 is 0 Å². The number of nitrogens with two attached hydrogens (primary N) is 1. The van der Waals surface area contributed by atoms with Gasteiger partial charge in [0.2, 0.25) is 0 Å². The summed E-state index contributed by atoms with van der Waals surface area (Å²) in [7, 11) is 0. The molecule has 2 N–H and O–H groups in total. The molecule has 0 amide bonds. The maximum absolute atomic E-state index is 5.84. The highest BCUT2D eigenvalue weighted by atomic mass is 15.0. The summed E-state index contributed by atoms with van der Waals surface area (Å²) in [5.74, 6) is 0. The number of imidazole rings is 1. The summed E-state index contributed by atoms with van der Waals surface area (Å²) in [4.78, 5) is 4.70. The first-order chi connectivity index (χ1) is 7.43. The summed E-state index contributed by atoms with van der Waals surface area (Å²) in [6, 6.07) is 4.18. The van der Waals surface area contributed by atoms with Crippen LogP contribution in [0.2, 0.25) is 0 Å². The Hall–Kier alpha value is -1.35. The normalized spacial score (nSPS) is 12.3. The van der Waals surface area contributed by atoms with Gasteiger partial charge in [-0.2, -0.15) is 0 Å². The van der Waals surface area contributed by atoms with E-state index in [1.165, 1.54) is 5.56 Å². The van der Waals surface area contributed by atoms with Gasteiger partial charge in [-0.3, -0.25) is 0 Å². The van der Waals surface area contributed by atoms with Gasteiger partial charge >= 0.3 is 0 Å². The standard InChI is InChI=1S/C13H19N3/c1-9-5-6-16-10(8-14)12(13(2,3)4)15-11(16)7-9/h5-7H,8,14H2,1-4H3. The molecule has 2 rings (SSSR count). The molecule has 0 aliphatic heterocycles. The van der Waals surface area contributed by atoms with Crippen LogP contribution in [-0.2, 0) is 12.0 Å². The van der Waals surface area contributed by atoms with Crippen molar-refractivity contribution in [3.63, 3.8) is 0 Å². The molecule has 0 spiro atoms. The number of fused-ring (bicyclic) bond motifs is 1. The first-order valence-corrected chi connectivity index (χ1v) is 5.61. The van der Waals surface area contributed by atoms with Gasteiger partial charge in [-0.15, -0.1) is 0 Å². The third-order valence-electron chi connectivity index (χ3n) is 2.78. The fraction of sp³-hybridized carbons (Fsp3) is 0.462. The molecule has 0 radical (unpaired) electrons. The maximum atomic E-state index is 5.84. The average Bonchev–Trinajstić information content (AvgIpc) is 2.54. The van der Waals surface area contributed by atoms with Crippen LogP contribution in [0.5, 0.6) is 0 Å². The Kier molecular flexibility index (Phi) is 2.50. The van der Waals surface area contributed by atoms with Crippen molar-refractivity contribution >= 4 is 5.65 Å². The van der Waals surface area contributed by atoms with Gasteiger partial charge in [-0.1, -0.05) is 20.8 Å². The zero-order chi connectivity index (χ0) is 11.9. The number of rotatable bonds is 1. The van der Waals surface area contributed by atoms with Crippen molar-refractivity contribution in [2.45, 2.75) is 39.7 Å². The number of hydrogen-bond acceptors (Lipinski definition) is 2. The van der Waals surface area contributed by atoms with Crippen molar-refractivity contribution in [1.82, 2.24) is 9.38 Å². The van der Waals surface area contributed by atoms with E-state index in [4.69, 9.17) is 10.7 Å². The van der Waals surface area contributed by atoms with E-state index >= 15 is 0 Å². The predicted molar refractivity (Wildman–Crippen MR) is 66.5 cm³/mol. The summed E-state index contributed by atoms with van der Waals surface area (Å²) in [6.45, 7) is 9.10. The Labute approximate surface area is 96.3 Å². The van der Waals surface area contributed by atoms with Gasteiger partial charge in [0.25, 0.3) is 0 Å². The molecule has 2 heterocycles.